The maximum absolute atomic E-state index is 14.0. The minimum atomic E-state index is -1.23. The van der Waals surface area contributed by atoms with Crippen LogP contribution in [0.3, 0.4) is 0 Å². The van der Waals surface area contributed by atoms with E-state index in [1.54, 1.807) is 45.0 Å². The number of piperidine rings is 1. The molecule has 0 spiro atoms. The fourth-order valence-corrected chi connectivity index (χ4v) is 10.0. The molecule has 4 rings (SSSR count). The number of likely N-dealkylation sites (N-methyl/N-ethyl adjacent to an activating group) is 1. The van der Waals surface area contributed by atoms with E-state index < -0.39 is 103 Å². The summed E-state index contributed by atoms with van der Waals surface area (Å²) in [5.74, 6) is -1.46. The number of hydrogen-bond acceptors (Lipinski definition) is 15. The topological polar surface area (TPSA) is 186 Å². The standard InChI is InChI=1S/C46H80N2O13/c1-13-36-33(24-57-46-44(56-12)43(55-11)40(53)31(8)59-46)19-25(2)14-15-34(49)28(5)20-32(16-17-48-22-26(3)18-27(4)23-48)42(29(6)35(50)21-37(51)60-36)61-45-41(54)38(47(9)10)39(52)30(7)58-45/h14-15,19,26-33,35-36,38-46,50,52-54H,13,16-18,20-24H2,1-12H3/b15-14+,25-19+/t26-,27+,28-,29+,30-,31-,32+,33-,35-,36-,38+,39-,40-,41-,42?,43-,44-,45+,46-/m1/s1. The quantitative estimate of drug-likeness (QED) is 0.209. The van der Waals surface area contributed by atoms with Crippen LogP contribution in [0.5, 0.6) is 0 Å². The number of methoxy groups -OCH3 is 2. The van der Waals surface area contributed by atoms with Gasteiger partial charge in [-0.15, -0.1) is 0 Å². The Kier molecular flexibility index (Phi) is 20.3. The minimum absolute atomic E-state index is 0.0427. The van der Waals surface area contributed by atoms with Gasteiger partial charge in [-0.1, -0.05) is 52.3 Å². The molecule has 15 heteroatoms. The zero-order chi connectivity index (χ0) is 45.3. The van der Waals surface area contributed by atoms with E-state index in [9.17, 15) is 30.0 Å². The Morgan fingerprint density at radius 1 is 0.820 bits per heavy atom. The number of carbonyl (C=O) groups is 2. The Balaban J connectivity index is 1.68. The third kappa shape index (κ3) is 13.8. The van der Waals surface area contributed by atoms with Crippen LogP contribution in [0, 0.1) is 35.5 Å². The van der Waals surface area contributed by atoms with Crippen molar-refractivity contribution >= 4 is 11.8 Å². The highest BCUT2D eigenvalue weighted by Gasteiger charge is 2.48. The minimum Gasteiger partial charge on any atom is -0.462 e. The highest BCUT2D eigenvalue weighted by Crippen LogP contribution is 2.36. The largest absolute Gasteiger partial charge is 0.462 e. The molecule has 0 aromatic heterocycles. The lowest BCUT2D eigenvalue weighted by atomic mass is 9.79. The first-order chi connectivity index (χ1) is 28.8. The second-order valence-electron chi connectivity index (χ2n) is 18.9. The number of esters is 1. The number of nitrogens with zero attached hydrogens (tertiary/aromatic N) is 2. The van der Waals surface area contributed by atoms with Crippen LogP contribution in [-0.2, 0) is 42.7 Å². The highest BCUT2D eigenvalue weighted by molar-refractivity contribution is 5.91. The molecule has 0 aliphatic carbocycles. The van der Waals surface area contributed by atoms with Crippen molar-refractivity contribution in [3.8, 4) is 0 Å². The number of allylic oxidation sites excluding steroid dienone is 3. The van der Waals surface area contributed by atoms with Gasteiger partial charge in [0.05, 0.1) is 49.6 Å². The molecule has 0 aromatic rings. The van der Waals surface area contributed by atoms with E-state index in [4.69, 9.17) is 33.2 Å². The second kappa shape index (κ2) is 23.9. The average Bonchev–Trinajstić information content (AvgIpc) is 3.19. The van der Waals surface area contributed by atoms with E-state index >= 15 is 0 Å². The van der Waals surface area contributed by atoms with Gasteiger partial charge in [-0.2, -0.15) is 0 Å². The predicted octanol–water partition coefficient (Wildman–Crippen LogP) is 3.34. The van der Waals surface area contributed by atoms with E-state index in [-0.39, 0.29) is 24.7 Å². The lowest BCUT2D eigenvalue weighted by molar-refractivity contribution is -0.304. The summed E-state index contributed by atoms with van der Waals surface area (Å²) in [5.41, 5.74) is 0.761. The summed E-state index contributed by atoms with van der Waals surface area (Å²) in [5, 5.41) is 45.3. The van der Waals surface area contributed by atoms with E-state index in [2.05, 4.69) is 18.7 Å². The summed E-state index contributed by atoms with van der Waals surface area (Å²) in [6.07, 6.45) is -2.96. The van der Waals surface area contributed by atoms with Crippen LogP contribution < -0.4 is 0 Å². The fraction of sp³-hybridized carbons (Fsp3) is 0.870. The first-order valence-corrected chi connectivity index (χ1v) is 22.6. The molecule has 3 fully saturated rings. The summed E-state index contributed by atoms with van der Waals surface area (Å²) >= 11 is 0. The number of cyclic esters (lactones) is 1. The van der Waals surface area contributed by atoms with Gasteiger partial charge in [0.25, 0.3) is 0 Å². The number of rotatable bonds is 12. The molecular formula is C46H80N2O13. The lowest BCUT2D eigenvalue weighted by Gasteiger charge is -2.47. The van der Waals surface area contributed by atoms with Gasteiger partial charge in [-0.05, 0) is 90.9 Å². The molecule has 0 amide bonds. The number of ether oxygens (including phenoxy) is 7. The first kappa shape index (κ1) is 51.8. The number of ketones is 1. The monoisotopic (exact) mass is 869 g/mol. The van der Waals surface area contributed by atoms with Crippen LogP contribution in [-0.4, -0.2) is 176 Å². The predicted molar refractivity (Wildman–Crippen MR) is 229 cm³/mol. The van der Waals surface area contributed by atoms with Crippen molar-refractivity contribution in [1.29, 1.82) is 0 Å². The second-order valence-corrected chi connectivity index (χ2v) is 18.9. The molecular weight excluding hydrogens is 789 g/mol. The smallest absolute Gasteiger partial charge is 0.308 e. The van der Waals surface area contributed by atoms with Crippen LogP contribution in [0.15, 0.2) is 23.8 Å². The Morgan fingerprint density at radius 2 is 1.44 bits per heavy atom. The van der Waals surface area contributed by atoms with Crippen molar-refractivity contribution in [2.75, 3.05) is 54.6 Å². The van der Waals surface area contributed by atoms with E-state index in [0.717, 1.165) is 25.2 Å². The van der Waals surface area contributed by atoms with Crippen molar-refractivity contribution in [2.45, 2.75) is 167 Å². The Hall–Kier alpha value is -1.86. The molecule has 61 heavy (non-hydrogen) atoms. The third-order valence-corrected chi connectivity index (χ3v) is 13.5. The van der Waals surface area contributed by atoms with Gasteiger partial charge >= 0.3 is 5.97 Å². The number of aliphatic hydroxyl groups excluding tert-OH is 4. The fourth-order valence-electron chi connectivity index (χ4n) is 10.0. The molecule has 4 N–H and O–H groups in total. The molecule has 0 saturated carbocycles. The summed E-state index contributed by atoms with van der Waals surface area (Å²) in [6, 6.07) is -0.684. The van der Waals surface area contributed by atoms with Crippen molar-refractivity contribution in [3.05, 3.63) is 23.8 Å². The van der Waals surface area contributed by atoms with Gasteiger partial charge < -0.3 is 63.4 Å². The molecule has 15 nitrogen and oxygen atoms in total. The van der Waals surface area contributed by atoms with E-state index in [0.29, 0.717) is 31.1 Å². The van der Waals surface area contributed by atoms with Crippen LogP contribution in [0.2, 0.25) is 0 Å². The molecule has 3 saturated heterocycles. The van der Waals surface area contributed by atoms with E-state index in [1.807, 2.05) is 33.8 Å². The van der Waals surface area contributed by atoms with Gasteiger partial charge in [0, 0.05) is 45.1 Å². The number of hydrogen-bond donors (Lipinski definition) is 4. The molecule has 19 atom stereocenters. The number of aliphatic hydroxyl groups is 4. The maximum atomic E-state index is 14.0. The van der Waals surface area contributed by atoms with Crippen LogP contribution in [0.25, 0.3) is 0 Å². The lowest BCUT2D eigenvalue weighted by Crippen LogP contribution is -2.63. The summed E-state index contributed by atoms with van der Waals surface area (Å²) in [7, 11) is 6.54. The third-order valence-electron chi connectivity index (χ3n) is 13.5. The van der Waals surface area contributed by atoms with Crippen molar-refractivity contribution in [2.24, 2.45) is 35.5 Å². The van der Waals surface area contributed by atoms with E-state index in [1.165, 1.54) is 20.6 Å². The maximum Gasteiger partial charge on any atom is 0.308 e. The zero-order valence-corrected chi connectivity index (χ0v) is 38.9. The summed E-state index contributed by atoms with van der Waals surface area (Å²) in [4.78, 5) is 32.1. The van der Waals surface area contributed by atoms with Crippen LogP contribution >= 0.6 is 0 Å². The Bertz CT molecular complexity index is 1420. The van der Waals surface area contributed by atoms with Crippen molar-refractivity contribution in [1.82, 2.24) is 9.80 Å². The Labute approximate surface area is 365 Å². The normalized spacial score (nSPS) is 44.3. The molecule has 0 bridgehead atoms. The van der Waals surface area contributed by atoms with Gasteiger partial charge in [-0.3, -0.25) is 9.59 Å². The highest BCUT2D eigenvalue weighted by atomic mass is 16.7. The summed E-state index contributed by atoms with van der Waals surface area (Å²) in [6.45, 7) is 18.2. The average molecular weight is 869 g/mol. The van der Waals surface area contributed by atoms with Crippen molar-refractivity contribution in [3.63, 3.8) is 0 Å². The van der Waals surface area contributed by atoms with Gasteiger partial charge in [-0.25, -0.2) is 0 Å². The van der Waals surface area contributed by atoms with Crippen LogP contribution in [0.1, 0.15) is 87.5 Å². The van der Waals surface area contributed by atoms with Gasteiger partial charge in [0.1, 0.15) is 30.5 Å². The van der Waals surface area contributed by atoms with Gasteiger partial charge in [0.15, 0.2) is 18.4 Å². The molecule has 4 aliphatic heterocycles. The molecule has 0 radical (unpaired) electrons. The first-order valence-electron chi connectivity index (χ1n) is 22.6. The van der Waals surface area contributed by atoms with Crippen LogP contribution in [0.4, 0.5) is 0 Å². The number of carbonyl (C=O) groups excluding carboxylic acids is 2. The summed E-state index contributed by atoms with van der Waals surface area (Å²) < 4.78 is 42.6. The molecule has 0 aromatic carbocycles. The Morgan fingerprint density at radius 3 is 2.05 bits per heavy atom. The molecule has 4 heterocycles. The zero-order valence-electron chi connectivity index (χ0n) is 38.9. The van der Waals surface area contributed by atoms with Crippen molar-refractivity contribution < 1.29 is 63.2 Å². The SMILES string of the molecule is CC[C@H]1OC(=O)C[C@@H](O)[C@H](C)C(O[C@@H]2O[C@H](C)[C@@H](O)[C@H](N(C)C)[C@H]2O)[C@@H](CCN2C[C@H](C)C[C@H](C)C2)C[C@@H](C)C(=O)/C=C/C(C)=C/[C@@H]1CO[C@@H]1O[C@H](C)[C@@H](O)[C@@H](OC)[C@H]1OC. The molecule has 4 aliphatic rings. The number of likely N-dealkylation sites (tertiary alicyclic amines) is 1. The molecule has 1 unspecified atom stereocenters. The molecule has 352 valence electrons. The van der Waals surface area contributed by atoms with Gasteiger partial charge in [0.2, 0.25) is 0 Å².